The van der Waals surface area contributed by atoms with Crippen LogP contribution in [0, 0.1) is 11.8 Å². The highest BCUT2D eigenvalue weighted by Gasteiger charge is 2.27. The van der Waals surface area contributed by atoms with Gasteiger partial charge in [-0.3, -0.25) is 5.43 Å². The number of ether oxygens (including phenoxy) is 1. The summed E-state index contributed by atoms with van der Waals surface area (Å²) in [4.78, 5) is 4.33. The van der Waals surface area contributed by atoms with E-state index in [0.29, 0.717) is 31.1 Å². The molecule has 3 atom stereocenters. The maximum absolute atomic E-state index is 5.47. The normalized spacial score (nSPS) is 30.1. The van der Waals surface area contributed by atoms with Crippen molar-refractivity contribution in [2.75, 3.05) is 20.3 Å². The third kappa shape index (κ3) is 4.52. The van der Waals surface area contributed by atoms with Crippen molar-refractivity contribution in [2.45, 2.75) is 39.2 Å². The fraction of sp³-hybridized carbons (Fsp3) is 0.917. The zero-order valence-electron chi connectivity index (χ0n) is 11.2. The zero-order chi connectivity index (χ0) is 12.7. The molecule has 1 saturated carbocycles. The standard InChI is InChI=1S/C12H26N4O/c1-9-5-4-6-11(10(9)2)15-12(16-13)14-7-8-17-3/h9-11H,4-8,13H2,1-3H3,(H2,14,15,16). The molecule has 100 valence electrons. The lowest BCUT2D eigenvalue weighted by Crippen LogP contribution is -2.50. The van der Waals surface area contributed by atoms with Gasteiger partial charge >= 0.3 is 0 Å². The summed E-state index contributed by atoms with van der Waals surface area (Å²) in [6.45, 7) is 5.85. The lowest BCUT2D eigenvalue weighted by Gasteiger charge is -2.35. The van der Waals surface area contributed by atoms with Gasteiger partial charge in [0.1, 0.15) is 0 Å². The summed E-state index contributed by atoms with van der Waals surface area (Å²) in [5, 5.41) is 3.40. The SMILES string of the molecule is COCCN=C(NN)NC1CCCC(C)C1C. The Morgan fingerprint density at radius 3 is 2.82 bits per heavy atom. The van der Waals surface area contributed by atoms with E-state index in [9.17, 15) is 0 Å². The molecule has 0 aromatic heterocycles. The Balaban J connectivity index is 2.46. The van der Waals surface area contributed by atoms with E-state index in [1.54, 1.807) is 7.11 Å². The Kier molecular flexibility index (Phi) is 6.29. The van der Waals surface area contributed by atoms with Gasteiger partial charge in [-0.05, 0) is 18.3 Å². The Hall–Kier alpha value is -0.810. The maximum atomic E-state index is 5.47. The highest BCUT2D eigenvalue weighted by atomic mass is 16.5. The molecule has 0 spiro atoms. The molecule has 1 aliphatic rings. The van der Waals surface area contributed by atoms with Gasteiger partial charge in [0, 0.05) is 13.2 Å². The highest BCUT2D eigenvalue weighted by Crippen LogP contribution is 2.29. The number of hydrogen-bond acceptors (Lipinski definition) is 3. The van der Waals surface area contributed by atoms with Gasteiger partial charge in [-0.2, -0.15) is 0 Å². The molecule has 1 rings (SSSR count). The van der Waals surface area contributed by atoms with Crippen molar-refractivity contribution in [1.82, 2.24) is 10.7 Å². The van der Waals surface area contributed by atoms with Crippen LogP contribution in [-0.4, -0.2) is 32.3 Å². The molecule has 5 heteroatoms. The summed E-state index contributed by atoms with van der Waals surface area (Å²) < 4.78 is 4.96. The van der Waals surface area contributed by atoms with Gasteiger partial charge in [0.15, 0.2) is 0 Å². The van der Waals surface area contributed by atoms with Crippen molar-refractivity contribution in [1.29, 1.82) is 0 Å². The monoisotopic (exact) mass is 242 g/mol. The van der Waals surface area contributed by atoms with Crippen molar-refractivity contribution >= 4 is 5.96 Å². The summed E-state index contributed by atoms with van der Waals surface area (Å²) in [7, 11) is 1.67. The van der Waals surface area contributed by atoms with Crippen molar-refractivity contribution in [2.24, 2.45) is 22.7 Å². The molecule has 4 N–H and O–H groups in total. The first kappa shape index (κ1) is 14.3. The Labute approximate surface area is 104 Å². The molecule has 1 aliphatic carbocycles. The summed E-state index contributed by atoms with van der Waals surface area (Å²) in [5.41, 5.74) is 2.63. The van der Waals surface area contributed by atoms with E-state index < -0.39 is 0 Å². The molecule has 0 saturated heterocycles. The minimum Gasteiger partial charge on any atom is -0.383 e. The third-order valence-corrected chi connectivity index (χ3v) is 3.73. The van der Waals surface area contributed by atoms with E-state index in [1.165, 1.54) is 19.3 Å². The van der Waals surface area contributed by atoms with Gasteiger partial charge in [0.2, 0.25) is 5.96 Å². The molecule has 17 heavy (non-hydrogen) atoms. The number of methoxy groups -OCH3 is 1. The summed E-state index contributed by atoms with van der Waals surface area (Å²) in [6, 6.07) is 0.469. The molecule has 0 aliphatic heterocycles. The number of aliphatic imine (C=N–C) groups is 1. The van der Waals surface area contributed by atoms with Crippen LogP contribution in [0.4, 0.5) is 0 Å². The molecule has 0 heterocycles. The first-order valence-electron chi connectivity index (χ1n) is 6.45. The molecule has 0 aromatic rings. The minimum atomic E-state index is 0.469. The number of nitrogens with two attached hydrogens (primary N) is 1. The molecule has 5 nitrogen and oxygen atoms in total. The molecule has 3 unspecified atom stereocenters. The van der Waals surface area contributed by atoms with E-state index in [-0.39, 0.29) is 0 Å². The number of rotatable bonds is 4. The van der Waals surface area contributed by atoms with Crippen LogP contribution >= 0.6 is 0 Å². The largest absolute Gasteiger partial charge is 0.383 e. The molecule has 1 fully saturated rings. The second-order valence-electron chi connectivity index (χ2n) is 4.89. The lowest BCUT2D eigenvalue weighted by atomic mass is 9.78. The van der Waals surface area contributed by atoms with Gasteiger partial charge in [0.05, 0.1) is 13.2 Å². The molecule has 0 bridgehead atoms. The fourth-order valence-corrected chi connectivity index (χ4v) is 2.34. The van der Waals surface area contributed by atoms with Gasteiger partial charge < -0.3 is 10.1 Å². The van der Waals surface area contributed by atoms with Gasteiger partial charge in [-0.15, -0.1) is 0 Å². The van der Waals surface area contributed by atoms with E-state index in [4.69, 9.17) is 10.6 Å². The van der Waals surface area contributed by atoms with Crippen LogP contribution in [0.15, 0.2) is 4.99 Å². The smallest absolute Gasteiger partial charge is 0.206 e. The van der Waals surface area contributed by atoms with Crippen LogP contribution in [0.2, 0.25) is 0 Å². The predicted molar refractivity (Wildman–Crippen MR) is 70.6 cm³/mol. The maximum Gasteiger partial charge on any atom is 0.206 e. The third-order valence-electron chi connectivity index (χ3n) is 3.73. The molecular formula is C12H26N4O. The van der Waals surface area contributed by atoms with Crippen LogP contribution in [0.3, 0.4) is 0 Å². The van der Waals surface area contributed by atoms with Crippen LogP contribution in [0.1, 0.15) is 33.1 Å². The molecular weight excluding hydrogens is 216 g/mol. The number of hydrogen-bond donors (Lipinski definition) is 3. The molecule has 0 amide bonds. The van der Waals surface area contributed by atoms with Crippen molar-refractivity contribution in [3.05, 3.63) is 0 Å². The van der Waals surface area contributed by atoms with Crippen molar-refractivity contribution in [3.8, 4) is 0 Å². The molecule has 0 aromatic carbocycles. The van der Waals surface area contributed by atoms with E-state index in [1.807, 2.05) is 0 Å². The van der Waals surface area contributed by atoms with Gasteiger partial charge in [-0.1, -0.05) is 26.7 Å². The Morgan fingerprint density at radius 2 is 2.18 bits per heavy atom. The van der Waals surface area contributed by atoms with Crippen molar-refractivity contribution in [3.63, 3.8) is 0 Å². The molecule has 0 radical (unpaired) electrons. The van der Waals surface area contributed by atoms with Crippen molar-refractivity contribution < 1.29 is 4.74 Å². The first-order chi connectivity index (χ1) is 8.19. The van der Waals surface area contributed by atoms with E-state index in [2.05, 4.69) is 29.6 Å². The average molecular weight is 242 g/mol. The van der Waals surface area contributed by atoms with Crippen LogP contribution in [-0.2, 0) is 4.74 Å². The van der Waals surface area contributed by atoms with Crippen LogP contribution < -0.4 is 16.6 Å². The van der Waals surface area contributed by atoms with Gasteiger partial charge in [-0.25, -0.2) is 10.8 Å². The Morgan fingerprint density at radius 1 is 1.41 bits per heavy atom. The second-order valence-corrected chi connectivity index (χ2v) is 4.89. The van der Waals surface area contributed by atoms with Crippen LogP contribution in [0.5, 0.6) is 0 Å². The minimum absolute atomic E-state index is 0.469. The van der Waals surface area contributed by atoms with E-state index >= 15 is 0 Å². The highest BCUT2D eigenvalue weighted by molar-refractivity contribution is 5.79. The van der Waals surface area contributed by atoms with Gasteiger partial charge in [0.25, 0.3) is 0 Å². The topological polar surface area (TPSA) is 71.7 Å². The summed E-state index contributed by atoms with van der Waals surface area (Å²) in [5.74, 6) is 7.56. The Bertz CT molecular complexity index is 245. The fourth-order valence-electron chi connectivity index (χ4n) is 2.34. The number of guanidine groups is 1. The summed E-state index contributed by atoms with van der Waals surface area (Å²) in [6.07, 6.45) is 3.79. The first-order valence-corrected chi connectivity index (χ1v) is 6.45. The number of hydrazine groups is 1. The second kappa shape index (κ2) is 7.50. The van der Waals surface area contributed by atoms with Crippen LogP contribution in [0.25, 0.3) is 0 Å². The average Bonchev–Trinajstić information content (AvgIpc) is 2.33. The van der Waals surface area contributed by atoms with E-state index in [0.717, 1.165) is 5.92 Å². The number of nitrogens with zero attached hydrogens (tertiary/aromatic N) is 1. The predicted octanol–water partition coefficient (Wildman–Crippen LogP) is 0.866. The lowest BCUT2D eigenvalue weighted by molar-refractivity contribution is 0.207. The summed E-state index contributed by atoms with van der Waals surface area (Å²) >= 11 is 0. The zero-order valence-corrected chi connectivity index (χ0v) is 11.2. The number of nitrogens with one attached hydrogen (secondary N) is 2. The quantitative estimate of drug-likeness (QED) is 0.225.